The molecular weight excluding hydrogens is 419 g/mol. The van der Waals surface area contributed by atoms with Crippen molar-refractivity contribution >= 4 is 46.3 Å². The molecule has 0 saturated heterocycles. The van der Waals surface area contributed by atoms with E-state index < -0.39 is 0 Å². The van der Waals surface area contributed by atoms with Crippen LogP contribution in [-0.2, 0) is 12.8 Å². The summed E-state index contributed by atoms with van der Waals surface area (Å²) < 4.78 is 1.95. The third kappa shape index (κ3) is 4.04. The van der Waals surface area contributed by atoms with Crippen molar-refractivity contribution in [2.24, 2.45) is 7.05 Å². The summed E-state index contributed by atoms with van der Waals surface area (Å²) in [6.45, 7) is 0. The summed E-state index contributed by atoms with van der Waals surface area (Å²) in [6, 6.07) is 15.6. The maximum atomic E-state index is 6.12. The zero-order valence-corrected chi connectivity index (χ0v) is 17.4. The number of rotatable bonds is 5. The molecule has 0 radical (unpaired) electrons. The first-order valence-corrected chi connectivity index (χ1v) is 10.7. The Morgan fingerprint density at radius 2 is 1.81 bits per heavy atom. The predicted molar refractivity (Wildman–Crippen MR) is 114 cm³/mol. The smallest absolute Gasteiger partial charge is 0.191 e. The summed E-state index contributed by atoms with van der Waals surface area (Å²) in [6.07, 6.45) is 0. The van der Waals surface area contributed by atoms with Crippen LogP contribution < -0.4 is 0 Å². The molecule has 2 aromatic heterocycles. The molecule has 0 atom stereocenters. The van der Waals surface area contributed by atoms with Crippen LogP contribution >= 0.6 is 46.3 Å². The predicted octanol–water partition coefficient (Wildman–Crippen LogP) is 6.20. The fourth-order valence-corrected chi connectivity index (χ4v) is 4.59. The topological polar surface area (TPSA) is 43.6 Å². The van der Waals surface area contributed by atoms with E-state index in [1.54, 1.807) is 35.2 Å². The van der Waals surface area contributed by atoms with E-state index in [1.807, 2.05) is 35.9 Å². The molecule has 27 heavy (non-hydrogen) atoms. The van der Waals surface area contributed by atoms with Crippen LogP contribution in [0.1, 0.15) is 5.69 Å². The van der Waals surface area contributed by atoms with Gasteiger partial charge in [0.15, 0.2) is 11.0 Å². The Labute approximate surface area is 175 Å². The summed E-state index contributed by atoms with van der Waals surface area (Å²) in [5.41, 5.74) is 3.05. The second kappa shape index (κ2) is 8.02. The first-order chi connectivity index (χ1) is 13.1. The zero-order chi connectivity index (χ0) is 18.8. The lowest BCUT2D eigenvalue weighted by Gasteiger charge is -2.04. The molecule has 0 amide bonds. The molecule has 2 aromatic carbocycles. The van der Waals surface area contributed by atoms with Crippen LogP contribution in [0.25, 0.3) is 22.0 Å². The lowest BCUT2D eigenvalue weighted by atomic mass is 10.2. The van der Waals surface area contributed by atoms with Gasteiger partial charge in [-0.1, -0.05) is 65.3 Å². The fraction of sp³-hybridized carbons (Fsp3) is 0.105. The standard InChI is InChI=1S/C19H14Cl2N4S2/c1-25-17(13-7-8-15(20)16(21)9-13)23-24-19(25)27-11-14-10-26-18(22-14)12-5-3-2-4-6-12/h2-10H,11H2,1H3. The Kier molecular flexibility index (Phi) is 5.50. The zero-order valence-electron chi connectivity index (χ0n) is 14.3. The number of thioether (sulfide) groups is 1. The monoisotopic (exact) mass is 432 g/mol. The molecule has 8 heteroatoms. The third-order valence-corrected chi connectivity index (χ3v) is 6.67. The van der Waals surface area contributed by atoms with Gasteiger partial charge in [0.05, 0.1) is 15.7 Å². The van der Waals surface area contributed by atoms with E-state index in [9.17, 15) is 0 Å². The Bertz CT molecular complexity index is 1080. The lowest BCUT2D eigenvalue weighted by molar-refractivity contribution is 0.793. The van der Waals surface area contributed by atoms with Crippen molar-refractivity contribution in [2.45, 2.75) is 10.9 Å². The molecule has 0 saturated carbocycles. The number of benzene rings is 2. The second-order valence-corrected chi connectivity index (χ2v) is 8.41. The average molecular weight is 433 g/mol. The molecule has 0 N–H and O–H groups in total. The average Bonchev–Trinajstić information content (AvgIpc) is 3.30. The molecular formula is C19H14Cl2N4S2. The molecule has 4 aromatic rings. The number of halogens is 2. The first-order valence-electron chi connectivity index (χ1n) is 8.09. The van der Waals surface area contributed by atoms with Crippen LogP contribution in [-0.4, -0.2) is 19.7 Å². The Hall–Kier alpha value is -1.86. The summed E-state index contributed by atoms with van der Waals surface area (Å²) in [5.74, 6) is 1.48. The Balaban J connectivity index is 1.49. The molecule has 2 heterocycles. The van der Waals surface area contributed by atoms with Gasteiger partial charge in [0, 0.05) is 29.3 Å². The van der Waals surface area contributed by atoms with Gasteiger partial charge in [-0.2, -0.15) is 0 Å². The Morgan fingerprint density at radius 1 is 1.00 bits per heavy atom. The quantitative estimate of drug-likeness (QED) is 0.351. The van der Waals surface area contributed by atoms with Gasteiger partial charge in [0.1, 0.15) is 5.01 Å². The highest BCUT2D eigenvalue weighted by atomic mass is 35.5. The normalized spacial score (nSPS) is 11.1. The molecule has 0 aliphatic heterocycles. The molecule has 0 spiro atoms. The highest BCUT2D eigenvalue weighted by Crippen LogP contribution is 2.31. The largest absolute Gasteiger partial charge is 0.305 e. The molecule has 0 aliphatic carbocycles. The number of hydrogen-bond donors (Lipinski definition) is 0. The van der Waals surface area contributed by atoms with Gasteiger partial charge in [-0.05, 0) is 18.2 Å². The Morgan fingerprint density at radius 3 is 2.59 bits per heavy atom. The van der Waals surface area contributed by atoms with Crippen molar-refractivity contribution in [3.8, 4) is 22.0 Å². The minimum atomic E-state index is 0.502. The molecule has 136 valence electrons. The van der Waals surface area contributed by atoms with Crippen molar-refractivity contribution in [3.05, 3.63) is 69.7 Å². The van der Waals surface area contributed by atoms with Crippen LogP contribution in [0.2, 0.25) is 10.0 Å². The highest BCUT2D eigenvalue weighted by molar-refractivity contribution is 7.98. The summed E-state index contributed by atoms with van der Waals surface area (Å²) in [7, 11) is 1.94. The molecule has 0 aliphatic rings. The van der Waals surface area contributed by atoms with Crippen molar-refractivity contribution in [1.29, 1.82) is 0 Å². The van der Waals surface area contributed by atoms with Gasteiger partial charge in [-0.15, -0.1) is 21.5 Å². The number of nitrogens with zero attached hydrogens (tertiary/aromatic N) is 4. The summed E-state index contributed by atoms with van der Waals surface area (Å²) >= 11 is 15.4. The third-order valence-electron chi connectivity index (χ3n) is 3.93. The van der Waals surface area contributed by atoms with E-state index in [0.29, 0.717) is 10.0 Å². The van der Waals surface area contributed by atoms with E-state index in [0.717, 1.165) is 38.6 Å². The van der Waals surface area contributed by atoms with Crippen LogP contribution in [0.15, 0.2) is 59.1 Å². The first kappa shape index (κ1) is 18.5. The van der Waals surface area contributed by atoms with E-state index in [-0.39, 0.29) is 0 Å². The lowest BCUT2D eigenvalue weighted by Crippen LogP contribution is -1.95. The SMILES string of the molecule is Cn1c(SCc2csc(-c3ccccc3)n2)nnc1-c1ccc(Cl)c(Cl)c1. The van der Waals surface area contributed by atoms with Gasteiger partial charge < -0.3 is 4.57 Å². The van der Waals surface area contributed by atoms with Gasteiger partial charge in [-0.25, -0.2) is 4.98 Å². The van der Waals surface area contributed by atoms with Gasteiger partial charge in [0.25, 0.3) is 0 Å². The maximum absolute atomic E-state index is 6.12. The number of aromatic nitrogens is 4. The van der Waals surface area contributed by atoms with Crippen molar-refractivity contribution in [2.75, 3.05) is 0 Å². The molecule has 0 bridgehead atoms. The minimum Gasteiger partial charge on any atom is -0.305 e. The van der Waals surface area contributed by atoms with Crippen LogP contribution in [0.3, 0.4) is 0 Å². The number of hydrogen-bond acceptors (Lipinski definition) is 5. The van der Waals surface area contributed by atoms with Gasteiger partial charge in [0.2, 0.25) is 0 Å². The van der Waals surface area contributed by atoms with Crippen LogP contribution in [0.5, 0.6) is 0 Å². The van der Waals surface area contributed by atoms with E-state index in [4.69, 9.17) is 28.2 Å². The molecule has 0 unspecified atom stereocenters. The molecule has 4 nitrogen and oxygen atoms in total. The van der Waals surface area contributed by atoms with Gasteiger partial charge >= 0.3 is 0 Å². The fourth-order valence-electron chi connectivity index (χ4n) is 2.55. The summed E-state index contributed by atoms with van der Waals surface area (Å²) in [5, 5.41) is 13.6. The van der Waals surface area contributed by atoms with E-state index in [2.05, 4.69) is 27.7 Å². The van der Waals surface area contributed by atoms with Crippen molar-refractivity contribution < 1.29 is 0 Å². The second-order valence-electron chi connectivity index (χ2n) is 5.79. The van der Waals surface area contributed by atoms with Crippen LogP contribution in [0, 0.1) is 0 Å². The summed E-state index contributed by atoms with van der Waals surface area (Å²) in [4.78, 5) is 4.72. The molecule has 0 fully saturated rings. The highest BCUT2D eigenvalue weighted by Gasteiger charge is 2.13. The minimum absolute atomic E-state index is 0.502. The maximum Gasteiger partial charge on any atom is 0.191 e. The molecule has 4 rings (SSSR count). The van der Waals surface area contributed by atoms with E-state index >= 15 is 0 Å². The van der Waals surface area contributed by atoms with Gasteiger partial charge in [-0.3, -0.25) is 0 Å². The van der Waals surface area contributed by atoms with Crippen molar-refractivity contribution in [1.82, 2.24) is 19.7 Å². The van der Waals surface area contributed by atoms with Crippen LogP contribution in [0.4, 0.5) is 0 Å². The number of thiazole rings is 1. The van der Waals surface area contributed by atoms with Crippen molar-refractivity contribution in [3.63, 3.8) is 0 Å². The van der Waals surface area contributed by atoms with E-state index in [1.165, 1.54) is 0 Å².